The van der Waals surface area contributed by atoms with Gasteiger partial charge >= 0.3 is 0 Å². The molecule has 7 heavy (non-hydrogen) atoms. The van der Waals surface area contributed by atoms with Gasteiger partial charge in [-0.05, 0) is 4.76 Å². The molecule has 1 saturated heterocycles. The molecule has 1 aliphatic heterocycles. The summed E-state index contributed by atoms with van der Waals surface area (Å²) in [6, 6.07) is 0. The van der Waals surface area contributed by atoms with E-state index in [0.29, 0.717) is 4.76 Å². The van der Waals surface area contributed by atoms with Gasteiger partial charge < -0.3 is 0 Å². The first kappa shape index (κ1) is 4.55. The summed E-state index contributed by atoms with van der Waals surface area (Å²) in [5, 5.41) is 4.88. The Morgan fingerprint density at radius 1 is 1.71 bits per heavy atom. The quantitative estimate of drug-likeness (QED) is 0.259. The molecule has 0 aromatic rings. The van der Waals surface area contributed by atoms with Gasteiger partial charge in [0.2, 0.25) is 0 Å². The average Bonchev–Trinajstić information content (AvgIpc) is 2.13. The maximum Gasteiger partial charge on any atom is 0.131 e. The van der Waals surface area contributed by atoms with E-state index in [2.05, 4.69) is 11.8 Å². The fourth-order valence-electron chi connectivity index (χ4n) is 0.341. The van der Waals surface area contributed by atoms with Crippen LogP contribution in [0, 0.1) is 0 Å². The van der Waals surface area contributed by atoms with Crippen LogP contribution >= 0.6 is 0 Å². The number of hydrazone groups is 1. The monoisotopic (exact) mass is 102 g/mol. The lowest BCUT2D eigenvalue weighted by Crippen LogP contribution is -2.15. The van der Waals surface area contributed by atoms with Gasteiger partial charge in [-0.3, -0.25) is 0 Å². The second-order valence-electron chi connectivity index (χ2n) is 1.77. The summed E-state index contributed by atoms with van der Waals surface area (Å²) in [7, 11) is 3.71. The van der Waals surface area contributed by atoms with E-state index in [4.69, 9.17) is 4.94 Å². The third-order valence-corrected chi connectivity index (χ3v) is 0.781. The lowest BCUT2D eigenvalue weighted by atomic mass is 11.2. The topological polar surface area (TPSA) is 27.9 Å². The Kier molecular flexibility index (Phi) is 0.625. The summed E-state index contributed by atoms with van der Waals surface area (Å²) in [5.74, 6) is 0. The molecule has 0 amide bonds. The molecule has 1 aliphatic rings. The van der Waals surface area contributed by atoms with Gasteiger partial charge in [0.15, 0.2) is 0 Å². The van der Waals surface area contributed by atoms with Crippen LogP contribution in [0.2, 0.25) is 0 Å². The fraction of sp³-hybridized carbons (Fsp3) is 0.667. The van der Waals surface area contributed by atoms with Crippen LogP contribution in [0.5, 0.6) is 0 Å². The van der Waals surface area contributed by atoms with E-state index in [0.717, 1.165) is 0 Å². The Morgan fingerprint density at radius 2 is 2.14 bits per heavy atom. The van der Waals surface area contributed by atoms with Crippen LogP contribution in [0.3, 0.4) is 0 Å². The fourth-order valence-corrected chi connectivity index (χ4v) is 0.341. The van der Waals surface area contributed by atoms with Crippen molar-refractivity contribution in [3.8, 4) is 0 Å². The highest BCUT2D eigenvalue weighted by Gasteiger charge is 2.49. The maximum absolute atomic E-state index is 4.80. The number of hydroxylamine groups is 2. The van der Waals surface area contributed by atoms with Crippen LogP contribution in [0.1, 0.15) is 0 Å². The van der Waals surface area contributed by atoms with E-state index in [1.54, 1.807) is 0 Å². The van der Waals surface area contributed by atoms with Crippen molar-refractivity contribution in [2.24, 2.45) is 5.10 Å². The molecular formula is C3H8N3O+. The first-order valence-corrected chi connectivity index (χ1v) is 1.98. The van der Waals surface area contributed by atoms with Gasteiger partial charge in [0, 0.05) is 11.7 Å². The van der Waals surface area contributed by atoms with Crippen molar-refractivity contribution < 1.29 is 9.69 Å². The van der Waals surface area contributed by atoms with E-state index < -0.39 is 0 Å². The molecule has 0 saturated carbocycles. The minimum atomic E-state index is 0.365. The largest absolute Gasteiger partial charge is 0.131 e. The lowest BCUT2D eigenvalue weighted by Gasteiger charge is -1.85. The predicted molar refractivity (Wildman–Crippen MR) is 24.6 cm³/mol. The van der Waals surface area contributed by atoms with Crippen molar-refractivity contribution >= 4 is 6.72 Å². The van der Waals surface area contributed by atoms with E-state index in [1.807, 2.05) is 14.1 Å². The molecule has 4 nitrogen and oxygen atoms in total. The number of rotatable bonds is 1. The van der Waals surface area contributed by atoms with Gasteiger partial charge in [0.1, 0.15) is 14.1 Å². The Labute approximate surface area is 42.1 Å². The molecule has 0 unspecified atom stereocenters. The zero-order valence-electron chi connectivity index (χ0n) is 4.46. The van der Waals surface area contributed by atoms with Gasteiger partial charge in [-0.1, -0.05) is 0 Å². The highest BCUT2D eigenvalue weighted by Crippen LogP contribution is 2.23. The van der Waals surface area contributed by atoms with Crippen molar-refractivity contribution in [1.29, 1.82) is 0 Å². The van der Waals surface area contributed by atoms with Crippen LogP contribution in [0.4, 0.5) is 0 Å². The average molecular weight is 102 g/mol. The SMILES string of the molecule is C=NN1O[N+]1(C)C. The number of quaternary nitrogens is 1. The Morgan fingerprint density at radius 3 is 2.14 bits per heavy atom. The summed E-state index contributed by atoms with van der Waals surface area (Å²) >= 11 is 0. The Balaban J connectivity index is 2.44. The first-order chi connectivity index (χ1) is 3.17. The summed E-state index contributed by atoms with van der Waals surface area (Å²) in [6.07, 6.45) is 0. The van der Waals surface area contributed by atoms with Crippen LogP contribution < -0.4 is 0 Å². The zero-order valence-corrected chi connectivity index (χ0v) is 4.46. The summed E-state index contributed by atoms with van der Waals surface area (Å²) in [4.78, 5) is 4.80. The highest BCUT2D eigenvalue weighted by atomic mass is 17.1. The minimum absolute atomic E-state index is 0.365. The minimum Gasteiger partial charge on any atom is -0.109 e. The smallest absolute Gasteiger partial charge is 0.109 e. The van der Waals surface area contributed by atoms with Crippen molar-refractivity contribution in [2.45, 2.75) is 0 Å². The molecule has 4 heteroatoms. The Bertz CT molecular complexity index is 100. The molecule has 1 heterocycles. The Hall–Kier alpha value is -0.610. The first-order valence-electron chi connectivity index (χ1n) is 1.98. The van der Waals surface area contributed by atoms with E-state index in [1.165, 1.54) is 5.28 Å². The number of hydrogen-bond acceptors (Lipinski definition) is 3. The standard InChI is InChI=1S/C3H8N3O/c1-4-5-6(2,3)7-5/h1H2,2-3H3/q+1. The van der Waals surface area contributed by atoms with Crippen LogP contribution in [-0.4, -0.2) is 30.8 Å². The van der Waals surface area contributed by atoms with Crippen LogP contribution in [0.25, 0.3) is 0 Å². The maximum atomic E-state index is 4.80. The second-order valence-corrected chi connectivity index (χ2v) is 1.77. The molecule has 0 aromatic carbocycles. The van der Waals surface area contributed by atoms with E-state index in [9.17, 15) is 0 Å². The second kappa shape index (κ2) is 0.962. The molecule has 1 fully saturated rings. The molecule has 1 rings (SSSR count). The van der Waals surface area contributed by atoms with Crippen LogP contribution in [-0.2, 0) is 4.94 Å². The summed E-state index contributed by atoms with van der Waals surface area (Å²) in [6.45, 7) is 3.25. The molecule has 0 bridgehead atoms. The third kappa shape index (κ3) is 0.574. The van der Waals surface area contributed by atoms with Crippen molar-refractivity contribution in [1.82, 2.24) is 5.28 Å². The molecule has 40 valence electrons. The van der Waals surface area contributed by atoms with Gasteiger partial charge in [0.05, 0.1) is 5.28 Å². The highest BCUT2D eigenvalue weighted by molar-refractivity contribution is 5.21. The predicted octanol–water partition coefficient (Wildman–Crippen LogP) is -0.244. The zero-order chi connectivity index (χ0) is 5.49. The van der Waals surface area contributed by atoms with Crippen molar-refractivity contribution in [2.75, 3.05) is 14.1 Å². The van der Waals surface area contributed by atoms with Gasteiger partial charge in [0.25, 0.3) is 0 Å². The number of nitrogens with zero attached hydrogens (tertiary/aromatic N) is 3. The summed E-state index contributed by atoms with van der Waals surface area (Å²) in [5.41, 5.74) is 0. The van der Waals surface area contributed by atoms with E-state index >= 15 is 0 Å². The van der Waals surface area contributed by atoms with E-state index in [-0.39, 0.29) is 0 Å². The third-order valence-electron chi connectivity index (χ3n) is 0.781. The molecule has 0 radical (unpaired) electrons. The van der Waals surface area contributed by atoms with Gasteiger partial charge in [-0.2, -0.15) is 0 Å². The normalized spacial score (nSPS) is 24.6. The summed E-state index contributed by atoms with van der Waals surface area (Å²) < 4.78 is 0.365. The molecule has 0 aliphatic carbocycles. The molecule has 0 aromatic heterocycles. The van der Waals surface area contributed by atoms with Gasteiger partial charge in [-0.15, -0.1) is 5.10 Å². The molecule has 0 N–H and O–H groups in total. The molecule has 0 spiro atoms. The molecular weight excluding hydrogens is 94.1 g/mol. The van der Waals surface area contributed by atoms with Crippen LogP contribution in [0.15, 0.2) is 5.10 Å². The van der Waals surface area contributed by atoms with Gasteiger partial charge in [-0.25, -0.2) is 0 Å². The number of hydrogen-bond donors (Lipinski definition) is 0. The lowest BCUT2D eigenvalue weighted by molar-refractivity contribution is -0.913. The van der Waals surface area contributed by atoms with Crippen molar-refractivity contribution in [3.05, 3.63) is 0 Å². The molecule has 0 atom stereocenters. The van der Waals surface area contributed by atoms with Crippen molar-refractivity contribution in [3.63, 3.8) is 0 Å².